The van der Waals surface area contributed by atoms with Gasteiger partial charge in [-0.3, -0.25) is 0 Å². The van der Waals surface area contributed by atoms with E-state index in [1.165, 1.54) is 11.0 Å². The minimum absolute atomic E-state index is 0.399. The molecule has 0 saturated heterocycles. The van der Waals surface area contributed by atoms with Gasteiger partial charge in [-0.15, -0.1) is 0 Å². The zero-order chi connectivity index (χ0) is 10.8. The Morgan fingerprint density at radius 2 is 1.93 bits per heavy atom. The molecule has 0 amide bonds. The molecule has 71 valence electrons. The normalized spacial score (nSPS) is 10.8. The number of hydrogen-bond acceptors (Lipinski definition) is 1. The SMILES string of the molecule is C[B]c1cc(C)cc(C(C)(C)C#N)c1. The second kappa shape index (κ2) is 3.88. The van der Waals surface area contributed by atoms with Crippen LogP contribution in [0.3, 0.4) is 0 Å². The lowest BCUT2D eigenvalue weighted by Crippen LogP contribution is -2.19. The summed E-state index contributed by atoms with van der Waals surface area (Å²) in [5, 5.41) is 9.04. The zero-order valence-electron chi connectivity index (χ0n) is 9.26. The molecule has 0 atom stereocenters. The molecule has 0 aliphatic heterocycles. The van der Waals surface area contributed by atoms with E-state index in [9.17, 15) is 0 Å². The Hall–Kier alpha value is -1.23. The molecule has 0 bridgehead atoms. The quantitative estimate of drug-likeness (QED) is 0.646. The van der Waals surface area contributed by atoms with Crippen molar-refractivity contribution in [3.05, 3.63) is 29.3 Å². The van der Waals surface area contributed by atoms with E-state index >= 15 is 0 Å². The zero-order valence-corrected chi connectivity index (χ0v) is 9.26. The summed E-state index contributed by atoms with van der Waals surface area (Å²) in [7, 11) is 2.06. The largest absolute Gasteiger partial charge is 0.197 e. The summed E-state index contributed by atoms with van der Waals surface area (Å²) in [6, 6.07) is 8.60. The standard InChI is InChI=1S/C12H15BN/c1-9-5-10(12(2,3)8-14)7-11(6-9)13-4/h5-7H,1-4H3. The molecule has 0 unspecified atom stereocenters. The number of nitrogens with zero attached hydrogens (tertiary/aromatic N) is 1. The lowest BCUT2D eigenvalue weighted by molar-refractivity contribution is 0.687. The van der Waals surface area contributed by atoms with Crippen molar-refractivity contribution in [2.45, 2.75) is 33.0 Å². The fourth-order valence-electron chi connectivity index (χ4n) is 1.40. The highest BCUT2D eigenvalue weighted by Gasteiger charge is 2.19. The van der Waals surface area contributed by atoms with Crippen LogP contribution in [-0.4, -0.2) is 7.28 Å². The van der Waals surface area contributed by atoms with E-state index in [2.05, 4.69) is 38.5 Å². The molecular formula is C12H15BN. The first kappa shape index (κ1) is 10.9. The molecule has 0 saturated carbocycles. The number of rotatable bonds is 2. The second-order valence-electron chi connectivity index (χ2n) is 4.16. The smallest absolute Gasteiger partial charge is 0.148 e. The first-order chi connectivity index (χ1) is 6.49. The predicted molar refractivity (Wildman–Crippen MR) is 61.1 cm³/mol. The first-order valence-electron chi connectivity index (χ1n) is 4.82. The van der Waals surface area contributed by atoms with E-state index in [0.29, 0.717) is 0 Å². The molecule has 0 fully saturated rings. The summed E-state index contributed by atoms with van der Waals surface area (Å²) in [5.41, 5.74) is 3.08. The molecule has 1 rings (SSSR count). The number of benzene rings is 1. The van der Waals surface area contributed by atoms with Crippen LogP contribution < -0.4 is 5.46 Å². The van der Waals surface area contributed by atoms with Crippen LogP contribution in [0.25, 0.3) is 0 Å². The van der Waals surface area contributed by atoms with Crippen LogP contribution in [0.15, 0.2) is 18.2 Å². The van der Waals surface area contributed by atoms with Crippen LogP contribution in [0.5, 0.6) is 0 Å². The molecule has 0 N–H and O–H groups in total. The molecular weight excluding hydrogens is 169 g/mol. The van der Waals surface area contributed by atoms with E-state index in [0.717, 1.165) is 5.56 Å². The Bertz CT molecular complexity index is 374. The van der Waals surface area contributed by atoms with Crippen LogP contribution >= 0.6 is 0 Å². The minimum Gasteiger partial charge on any atom is -0.197 e. The predicted octanol–water partition coefficient (Wildman–Crippen LogP) is 2.17. The molecule has 1 nitrogen and oxygen atoms in total. The van der Waals surface area contributed by atoms with Gasteiger partial charge in [0.1, 0.15) is 7.28 Å². The molecule has 0 heterocycles. The van der Waals surface area contributed by atoms with Crippen molar-refractivity contribution in [2.75, 3.05) is 0 Å². The van der Waals surface area contributed by atoms with Gasteiger partial charge in [0.05, 0.1) is 11.5 Å². The summed E-state index contributed by atoms with van der Waals surface area (Å²) in [4.78, 5) is 0. The van der Waals surface area contributed by atoms with E-state index in [1.54, 1.807) is 0 Å². The maximum absolute atomic E-state index is 9.04. The van der Waals surface area contributed by atoms with Crippen molar-refractivity contribution >= 4 is 12.7 Å². The monoisotopic (exact) mass is 184 g/mol. The van der Waals surface area contributed by atoms with E-state index in [1.807, 2.05) is 20.7 Å². The third-order valence-electron chi connectivity index (χ3n) is 2.43. The van der Waals surface area contributed by atoms with Crippen LogP contribution in [0.1, 0.15) is 25.0 Å². The Morgan fingerprint density at radius 1 is 1.29 bits per heavy atom. The summed E-state index contributed by atoms with van der Waals surface area (Å²) < 4.78 is 0. The molecule has 0 aliphatic carbocycles. The summed E-state index contributed by atoms with van der Waals surface area (Å²) in [5.74, 6) is 0. The molecule has 0 spiro atoms. The lowest BCUT2D eigenvalue weighted by Gasteiger charge is -2.17. The molecule has 0 aliphatic rings. The maximum Gasteiger partial charge on any atom is 0.148 e. The highest BCUT2D eigenvalue weighted by atomic mass is 14.3. The summed E-state index contributed by atoms with van der Waals surface area (Å²) in [6.07, 6.45) is 0. The average Bonchev–Trinajstić information content (AvgIpc) is 2.16. The Kier molecular flexibility index (Phi) is 3.01. The average molecular weight is 184 g/mol. The molecule has 2 heteroatoms. The third-order valence-corrected chi connectivity index (χ3v) is 2.43. The Morgan fingerprint density at radius 3 is 2.43 bits per heavy atom. The van der Waals surface area contributed by atoms with Gasteiger partial charge in [-0.2, -0.15) is 5.26 Å². The molecule has 0 aromatic heterocycles. The molecule has 1 aromatic rings. The van der Waals surface area contributed by atoms with Crippen molar-refractivity contribution in [1.82, 2.24) is 0 Å². The van der Waals surface area contributed by atoms with Crippen molar-refractivity contribution in [1.29, 1.82) is 5.26 Å². The number of nitriles is 1. The highest BCUT2D eigenvalue weighted by molar-refractivity contribution is 6.51. The minimum atomic E-state index is -0.399. The second-order valence-corrected chi connectivity index (χ2v) is 4.16. The van der Waals surface area contributed by atoms with Gasteiger partial charge in [0, 0.05) is 0 Å². The fraction of sp³-hybridized carbons (Fsp3) is 0.417. The molecule has 1 radical (unpaired) electrons. The first-order valence-corrected chi connectivity index (χ1v) is 4.82. The van der Waals surface area contributed by atoms with Crippen molar-refractivity contribution in [3.63, 3.8) is 0 Å². The van der Waals surface area contributed by atoms with Crippen LogP contribution in [0, 0.1) is 18.3 Å². The van der Waals surface area contributed by atoms with Crippen LogP contribution in [-0.2, 0) is 5.41 Å². The van der Waals surface area contributed by atoms with E-state index < -0.39 is 5.41 Å². The van der Waals surface area contributed by atoms with Gasteiger partial charge < -0.3 is 0 Å². The Labute approximate surface area is 87.0 Å². The highest BCUT2D eigenvalue weighted by Crippen LogP contribution is 2.21. The summed E-state index contributed by atoms with van der Waals surface area (Å²) >= 11 is 0. The number of aryl methyl sites for hydroxylation is 1. The topological polar surface area (TPSA) is 23.8 Å². The van der Waals surface area contributed by atoms with Gasteiger partial charge in [-0.1, -0.05) is 36.0 Å². The van der Waals surface area contributed by atoms with Crippen molar-refractivity contribution in [3.8, 4) is 6.07 Å². The molecule has 14 heavy (non-hydrogen) atoms. The van der Waals surface area contributed by atoms with E-state index in [-0.39, 0.29) is 0 Å². The van der Waals surface area contributed by atoms with Gasteiger partial charge in [-0.05, 0) is 26.3 Å². The van der Waals surface area contributed by atoms with Gasteiger partial charge in [-0.25, -0.2) is 0 Å². The maximum atomic E-state index is 9.04. The van der Waals surface area contributed by atoms with Gasteiger partial charge in [0.25, 0.3) is 0 Å². The van der Waals surface area contributed by atoms with Gasteiger partial charge in [0.15, 0.2) is 0 Å². The van der Waals surface area contributed by atoms with E-state index in [4.69, 9.17) is 5.26 Å². The lowest BCUT2D eigenvalue weighted by atomic mass is 9.70. The Balaban J connectivity index is 3.24. The van der Waals surface area contributed by atoms with Crippen LogP contribution in [0.2, 0.25) is 6.82 Å². The van der Waals surface area contributed by atoms with Crippen LogP contribution in [0.4, 0.5) is 0 Å². The van der Waals surface area contributed by atoms with Gasteiger partial charge >= 0.3 is 0 Å². The number of hydrogen-bond donors (Lipinski definition) is 0. The van der Waals surface area contributed by atoms with Crippen molar-refractivity contribution < 1.29 is 0 Å². The summed E-state index contributed by atoms with van der Waals surface area (Å²) in [6.45, 7) is 7.96. The fourth-order valence-corrected chi connectivity index (χ4v) is 1.40. The van der Waals surface area contributed by atoms with Crippen molar-refractivity contribution in [2.24, 2.45) is 0 Å². The van der Waals surface area contributed by atoms with Gasteiger partial charge in [0.2, 0.25) is 0 Å². The third kappa shape index (κ3) is 2.17. The molecule has 1 aromatic carbocycles.